The Kier molecular flexibility index (Phi) is 5.73. The van der Waals surface area contributed by atoms with Crippen molar-refractivity contribution in [1.29, 1.82) is 0 Å². The number of hydrogen-bond donors (Lipinski definition) is 2. The van der Waals surface area contributed by atoms with Crippen LogP contribution in [0.3, 0.4) is 0 Å². The fourth-order valence-electron chi connectivity index (χ4n) is 4.30. The van der Waals surface area contributed by atoms with Crippen LogP contribution in [-0.4, -0.2) is 48.3 Å². The minimum Gasteiger partial charge on any atom is -0.343 e. The van der Waals surface area contributed by atoms with Crippen molar-refractivity contribution in [2.45, 2.75) is 55.4 Å². The number of aryl methyl sites for hydroxylation is 1. The van der Waals surface area contributed by atoms with Crippen molar-refractivity contribution in [3.05, 3.63) is 59.9 Å². The number of imidazole rings is 1. The van der Waals surface area contributed by atoms with Gasteiger partial charge in [0.2, 0.25) is 15.9 Å². The molecule has 1 aromatic heterocycles. The first-order valence-electron chi connectivity index (χ1n) is 11.3. The van der Waals surface area contributed by atoms with E-state index in [1.54, 1.807) is 12.1 Å². The molecule has 8 heteroatoms. The smallest absolute Gasteiger partial charge is 0.240 e. The highest BCUT2D eigenvalue weighted by molar-refractivity contribution is 7.89. The number of carbonyl (C=O) groups is 1. The molecule has 0 spiro atoms. The van der Waals surface area contributed by atoms with Crippen LogP contribution in [0.4, 0.5) is 0 Å². The summed E-state index contributed by atoms with van der Waals surface area (Å²) in [6.07, 6.45) is 4.68. The fourth-order valence-corrected chi connectivity index (χ4v) is 5.61. The van der Waals surface area contributed by atoms with E-state index in [1.807, 2.05) is 41.3 Å². The van der Waals surface area contributed by atoms with Gasteiger partial charge >= 0.3 is 0 Å². The summed E-state index contributed by atoms with van der Waals surface area (Å²) in [4.78, 5) is 23.1. The highest BCUT2D eigenvalue weighted by atomic mass is 32.2. The van der Waals surface area contributed by atoms with Crippen molar-refractivity contribution in [2.24, 2.45) is 0 Å². The van der Waals surface area contributed by atoms with Crippen molar-refractivity contribution in [3.8, 4) is 0 Å². The standard InChI is InChI=1S/C24H28N4O3S/c29-23(12-7-17-5-10-20(11-6-17)32(30,31)27-19-8-9-19)28-15-13-18(14-16-28)24-25-21-3-1-2-4-22(21)26-24/h1-6,10-11,18-19,27H,7-9,12-16H2,(H,25,26). The molecule has 3 aromatic rings. The van der Waals surface area contributed by atoms with Crippen LogP contribution in [0, 0.1) is 0 Å². The molecule has 2 N–H and O–H groups in total. The van der Waals surface area contributed by atoms with Crippen molar-refractivity contribution < 1.29 is 13.2 Å². The van der Waals surface area contributed by atoms with Crippen molar-refractivity contribution in [1.82, 2.24) is 19.6 Å². The topological polar surface area (TPSA) is 95.2 Å². The molecule has 7 nitrogen and oxygen atoms in total. The Bertz CT molecular complexity index is 1170. The Balaban J connectivity index is 1.12. The highest BCUT2D eigenvalue weighted by Crippen LogP contribution is 2.28. The van der Waals surface area contributed by atoms with E-state index in [0.717, 1.165) is 61.2 Å². The number of amides is 1. The zero-order valence-corrected chi connectivity index (χ0v) is 18.8. The molecule has 1 saturated carbocycles. The van der Waals surface area contributed by atoms with Crippen molar-refractivity contribution in [2.75, 3.05) is 13.1 Å². The van der Waals surface area contributed by atoms with Gasteiger partial charge in [-0.1, -0.05) is 24.3 Å². The zero-order valence-electron chi connectivity index (χ0n) is 18.0. The van der Waals surface area contributed by atoms with Gasteiger partial charge in [0.25, 0.3) is 0 Å². The van der Waals surface area contributed by atoms with E-state index >= 15 is 0 Å². The van der Waals surface area contributed by atoms with Crippen LogP contribution >= 0.6 is 0 Å². The SMILES string of the molecule is O=C(CCc1ccc(S(=O)(=O)NC2CC2)cc1)N1CCC(c2nc3ccccc3[nH]2)CC1. The summed E-state index contributed by atoms with van der Waals surface area (Å²) < 4.78 is 27.2. The molecular formula is C24H28N4O3S. The lowest BCUT2D eigenvalue weighted by Gasteiger charge is -2.31. The molecule has 2 aromatic carbocycles. The second-order valence-corrected chi connectivity index (χ2v) is 10.5. The highest BCUT2D eigenvalue weighted by Gasteiger charge is 2.28. The van der Waals surface area contributed by atoms with E-state index in [4.69, 9.17) is 4.98 Å². The van der Waals surface area contributed by atoms with E-state index in [0.29, 0.717) is 18.8 Å². The molecule has 1 aliphatic heterocycles. The van der Waals surface area contributed by atoms with Crippen LogP contribution in [0.15, 0.2) is 53.4 Å². The second-order valence-electron chi connectivity index (χ2n) is 8.83. The van der Waals surface area contributed by atoms with Gasteiger partial charge in [-0.15, -0.1) is 0 Å². The quantitative estimate of drug-likeness (QED) is 0.575. The third kappa shape index (κ3) is 4.71. The van der Waals surface area contributed by atoms with Gasteiger partial charge < -0.3 is 9.88 Å². The number of benzene rings is 2. The molecule has 2 aliphatic rings. The summed E-state index contributed by atoms with van der Waals surface area (Å²) in [5.41, 5.74) is 3.02. The average Bonchev–Trinajstić information content (AvgIpc) is 3.50. The third-order valence-electron chi connectivity index (χ3n) is 6.40. The predicted octanol–water partition coefficient (Wildman–Crippen LogP) is 3.34. The van der Waals surface area contributed by atoms with Gasteiger partial charge in [0.15, 0.2) is 0 Å². The largest absolute Gasteiger partial charge is 0.343 e. The number of likely N-dealkylation sites (tertiary alicyclic amines) is 1. The van der Waals surface area contributed by atoms with Gasteiger partial charge in [0.05, 0.1) is 15.9 Å². The maximum absolute atomic E-state index is 12.7. The van der Waals surface area contributed by atoms with Crippen LogP contribution in [-0.2, 0) is 21.2 Å². The fraction of sp³-hybridized carbons (Fsp3) is 0.417. The number of hydrogen-bond acceptors (Lipinski definition) is 4. The number of nitrogens with one attached hydrogen (secondary N) is 2. The molecular weight excluding hydrogens is 424 g/mol. The zero-order chi connectivity index (χ0) is 22.1. The molecule has 32 heavy (non-hydrogen) atoms. The Morgan fingerprint density at radius 2 is 1.75 bits per heavy atom. The first-order valence-corrected chi connectivity index (χ1v) is 12.8. The molecule has 2 heterocycles. The first kappa shape index (κ1) is 21.2. The number of aromatic amines is 1. The number of aromatic nitrogens is 2. The number of sulfonamides is 1. The van der Waals surface area contributed by atoms with Crippen LogP contribution in [0.5, 0.6) is 0 Å². The van der Waals surface area contributed by atoms with Gasteiger partial charge in [-0.05, 0) is 61.9 Å². The predicted molar refractivity (Wildman–Crippen MR) is 123 cm³/mol. The summed E-state index contributed by atoms with van der Waals surface area (Å²) in [5.74, 6) is 1.52. The number of nitrogens with zero attached hydrogens (tertiary/aromatic N) is 2. The lowest BCUT2D eigenvalue weighted by molar-refractivity contribution is -0.132. The summed E-state index contributed by atoms with van der Waals surface area (Å²) >= 11 is 0. The minimum atomic E-state index is -3.43. The molecule has 0 bridgehead atoms. The van der Waals surface area contributed by atoms with Crippen LogP contribution in [0.25, 0.3) is 11.0 Å². The molecule has 1 aliphatic carbocycles. The molecule has 0 atom stereocenters. The molecule has 1 amide bonds. The van der Waals surface area contributed by atoms with E-state index < -0.39 is 10.0 Å². The maximum Gasteiger partial charge on any atom is 0.240 e. The van der Waals surface area contributed by atoms with Gasteiger partial charge in [-0.25, -0.2) is 18.1 Å². The molecule has 2 fully saturated rings. The minimum absolute atomic E-state index is 0.0910. The Morgan fingerprint density at radius 3 is 2.44 bits per heavy atom. The lowest BCUT2D eigenvalue weighted by atomic mass is 9.95. The van der Waals surface area contributed by atoms with E-state index in [9.17, 15) is 13.2 Å². The number of piperidine rings is 1. The monoisotopic (exact) mass is 452 g/mol. The van der Waals surface area contributed by atoms with Crippen molar-refractivity contribution >= 4 is 27.0 Å². The van der Waals surface area contributed by atoms with Gasteiger partial charge in [0.1, 0.15) is 5.82 Å². The Morgan fingerprint density at radius 1 is 1.03 bits per heavy atom. The Labute approximate surface area is 188 Å². The second kappa shape index (κ2) is 8.67. The molecule has 0 radical (unpaired) electrons. The van der Waals surface area contributed by atoms with Crippen LogP contribution < -0.4 is 4.72 Å². The number of fused-ring (bicyclic) bond motifs is 1. The van der Waals surface area contributed by atoms with Gasteiger partial charge in [0, 0.05) is 31.5 Å². The molecule has 0 unspecified atom stereocenters. The number of para-hydroxylation sites is 2. The maximum atomic E-state index is 12.7. The number of carbonyl (C=O) groups excluding carboxylic acids is 1. The normalized spacial score (nSPS) is 17.7. The summed E-state index contributed by atoms with van der Waals surface area (Å²) in [7, 11) is -3.43. The number of rotatable bonds is 7. The van der Waals surface area contributed by atoms with Crippen molar-refractivity contribution in [3.63, 3.8) is 0 Å². The van der Waals surface area contributed by atoms with Crippen LogP contribution in [0.2, 0.25) is 0 Å². The van der Waals surface area contributed by atoms with Gasteiger partial charge in [-0.3, -0.25) is 4.79 Å². The Hall–Kier alpha value is -2.71. The summed E-state index contributed by atoms with van der Waals surface area (Å²) in [5, 5.41) is 0. The molecule has 168 valence electrons. The summed E-state index contributed by atoms with van der Waals surface area (Å²) in [6, 6.07) is 15.0. The first-order chi connectivity index (χ1) is 15.5. The molecule has 5 rings (SSSR count). The van der Waals surface area contributed by atoms with Crippen LogP contribution in [0.1, 0.15) is 49.4 Å². The van der Waals surface area contributed by atoms with Gasteiger partial charge in [-0.2, -0.15) is 0 Å². The lowest BCUT2D eigenvalue weighted by Crippen LogP contribution is -2.38. The van der Waals surface area contributed by atoms with E-state index in [2.05, 4.69) is 9.71 Å². The average molecular weight is 453 g/mol. The van der Waals surface area contributed by atoms with E-state index in [1.165, 1.54) is 0 Å². The number of H-pyrrole nitrogens is 1. The third-order valence-corrected chi connectivity index (χ3v) is 7.94. The van der Waals surface area contributed by atoms with E-state index in [-0.39, 0.29) is 16.8 Å². The molecule has 1 saturated heterocycles. The summed E-state index contributed by atoms with van der Waals surface area (Å²) in [6.45, 7) is 1.48.